The van der Waals surface area contributed by atoms with Crippen molar-refractivity contribution in [3.63, 3.8) is 0 Å². The van der Waals surface area contributed by atoms with Crippen molar-refractivity contribution in [2.75, 3.05) is 6.61 Å². The van der Waals surface area contributed by atoms with Crippen LogP contribution < -0.4 is 0 Å². The minimum Gasteiger partial charge on any atom is -0.504 e. The average Bonchev–Trinajstić information content (AvgIpc) is 3.19. The van der Waals surface area contributed by atoms with Gasteiger partial charge in [-0.1, -0.05) is 50.0 Å². The first-order chi connectivity index (χ1) is 14.4. The van der Waals surface area contributed by atoms with Gasteiger partial charge in [-0.2, -0.15) is 0 Å². The predicted octanol–water partition coefficient (Wildman–Crippen LogP) is 4.83. The van der Waals surface area contributed by atoms with Gasteiger partial charge in [-0.3, -0.25) is 0 Å². The molecule has 0 fully saturated rings. The quantitative estimate of drug-likeness (QED) is 0.288. The van der Waals surface area contributed by atoms with E-state index in [2.05, 4.69) is 46.7 Å². The maximum atomic E-state index is 10.6. The van der Waals surface area contributed by atoms with Crippen molar-refractivity contribution in [3.05, 3.63) is 77.9 Å². The summed E-state index contributed by atoms with van der Waals surface area (Å²) in [7, 11) is -1.12. The number of nitrogens with zero attached hydrogens (tertiary/aromatic N) is 4. The molecule has 3 rings (SSSR count). The molecule has 30 heavy (non-hydrogen) atoms. The molecule has 0 amide bonds. The standard InChI is InChI=1S/C23H30N4O2Si/c1-30(2,3)14-13-29-18-27-12-11-24-23(27)22(28)16-21-15-20(25-17-26-21)10-9-19-7-5-4-6-8-19/h4-8,11-12,15-17,28H,9-10,13-14,18H2,1-3H3/b22-16-. The van der Waals surface area contributed by atoms with E-state index in [0.717, 1.165) is 24.6 Å². The monoisotopic (exact) mass is 422 g/mol. The van der Waals surface area contributed by atoms with Crippen LogP contribution in [0.5, 0.6) is 0 Å². The van der Waals surface area contributed by atoms with E-state index >= 15 is 0 Å². The number of aliphatic hydroxyl groups excluding tert-OH is 1. The molecule has 1 N–H and O–H groups in total. The van der Waals surface area contributed by atoms with E-state index in [1.165, 1.54) is 11.9 Å². The highest BCUT2D eigenvalue weighted by atomic mass is 28.3. The molecule has 158 valence electrons. The zero-order valence-electron chi connectivity index (χ0n) is 18.0. The van der Waals surface area contributed by atoms with Gasteiger partial charge in [-0.05, 0) is 30.5 Å². The Hall–Kier alpha value is -2.77. The molecule has 0 aliphatic heterocycles. The van der Waals surface area contributed by atoms with Gasteiger partial charge in [0.1, 0.15) is 13.1 Å². The minimum absolute atomic E-state index is 0.0569. The lowest BCUT2D eigenvalue weighted by Gasteiger charge is -2.16. The van der Waals surface area contributed by atoms with Crippen LogP contribution in [-0.4, -0.2) is 39.3 Å². The number of hydrogen-bond acceptors (Lipinski definition) is 5. The second-order valence-electron chi connectivity index (χ2n) is 8.52. The van der Waals surface area contributed by atoms with Crippen molar-refractivity contribution >= 4 is 19.9 Å². The number of ether oxygens (including phenoxy) is 1. The predicted molar refractivity (Wildman–Crippen MR) is 123 cm³/mol. The molecule has 7 heteroatoms. The zero-order chi connectivity index (χ0) is 21.4. The number of aromatic nitrogens is 4. The summed E-state index contributed by atoms with van der Waals surface area (Å²) in [6.45, 7) is 8.05. The van der Waals surface area contributed by atoms with Gasteiger partial charge in [0.05, 0.1) is 5.69 Å². The van der Waals surface area contributed by atoms with Gasteiger partial charge in [-0.25, -0.2) is 15.0 Å². The number of benzene rings is 1. The fourth-order valence-electron chi connectivity index (χ4n) is 2.94. The Balaban J connectivity index is 1.62. The molecular weight excluding hydrogens is 392 g/mol. The Labute approximate surface area is 179 Å². The van der Waals surface area contributed by atoms with Crippen LogP contribution in [0.4, 0.5) is 0 Å². The largest absolute Gasteiger partial charge is 0.504 e. The maximum Gasteiger partial charge on any atom is 0.177 e. The Kier molecular flexibility index (Phi) is 7.54. The number of hydrogen-bond donors (Lipinski definition) is 1. The van der Waals surface area contributed by atoms with Gasteiger partial charge in [0.25, 0.3) is 0 Å². The van der Waals surface area contributed by atoms with Gasteiger partial charge < -0.3 is 14.4 Å². The molecule has 3 aromatic rings. The number of rotatable bonds is 10. The van der Waals surface area contributed by atoms with Crippen LogP contribution in [0.25, 0.3) is 11.8 Å². The van der Waals surface area contributed by atoms with Gasteiger partial charge in [0.15, 0.2) is 11.6 Å². The van der Waals surface area contributed by atoms with Crippen LogP contribution in [0.2, 0.25) is 25.7 Å². The van der Waals surface area contributed by atoms with Gasteiger partial charge in [0, 0.05) is 38.8 Å². The molecule has 0 aliphatic rings. The lowest BCUT2D eigenvalue weighted by atomic mass is 10.1. The van der Waals surface area contributed by atoms with Crippen molar-refractivity contribution in [2.45, 2.75) is 45.3 Å². The fraction of sp³-hybridized carbons (Fsp3) is 0.348. The minimum atomic E-state index is -1.12. The number of aliphatic hydroxyl groups is 1. The van der Waals surface area contributed by atoms with Crippen molar-refractivity contribution in [3.8, 4) is 0 Å². The summed E-state index contributed by atoms with van der Waals surface area (Å²) in [5.74, 6) is 0.522. The molecule has 2 aromatic heterocycles. The third kappa shape index (κ3) is 6.93. The van der Waals surface area contributed by atoms with Crippen molar-refractivity contribution in [1.29, 1.82) is 0 Å². The first kappa shape index (κ1) is 21.9. The molecule has 0 spiro atoms. The molecule has 0 aliphatic carbocycles. The molecule has 0 bridgehead atoms. The molecule has 0 atom stereocenters. The summed E-state index contributed by atoms with van der Waals surface area (Å²) in [6.07, 6.45) is 8.34. The Bertz CT molecular complexity index is 965. The SMILES string of the molecule is C[Si](C)(C)CCOCn1ccnc1/C(O)=C/c1cc(CCc2ccccc2)ncn1. The highest BCUT2D eigenvalue weighted by Gasteiger charge is 2.13. The molecule has 1 aromatic carbocycles. The molecule has 0 saturated heterocycles. The highest BCUT2D eigenvalue weighted by Crippen LogP contribution is 2.15. The second-order valence-corrected chi connectivity index (χ2v) is 14.1. The molecule has 0 unspecified atom stereocenters. The molecular formula is C23H30N4O2Si. The van der Waals surface area contributed by atoms with E-state index < -0.39 is 8.07 Å². The van der Waals surface area contributed by atoms with E-state index in [0.29, 0.717) is 24.9 Å². The lowest BCUT2D eigenvalue weighted by molar-refractivity contribution is 0.0860. The topological polar surface area (TPSA) is 73.1 Å². The van der Waals surface area contributed by atoms with Crippen LogP contribution in [0.15, 0.2) is 55.1 Å². The maximum absolute atomic E-state index is 10.6. The van der Waals surface area contributed by atoms with E-state index in [4.69, 9.17) is 4.74 Å². The summed E-state index contributed by atoms with van der Waals surface area (Å²) < 4.78 is 7.58. The number of aryl methyl sites for hydroxylation is 2. The van der Waals surface area contributed by atoms with Gasteiger partial charge in [-0.15, -0.1) is 0 Å². The molecule has 0 saturated carbocycles. The van der Waals surface area contributed by atoms with Crippen LogP contribution in [0.3, 0.4) is 0 Å². The lowest BCUT2D eigenvalue weighted by Crippen LogP contribution is -2.22. The first-order valence-electron chi connectivity index (χ1n) is 10.3. The normalized spacial score (nSPS) is 12.3. The smallest absolute Gasteiger partial charge is 0.177 e. The Morgan fingerprint density at radius 3 is 2.67 bits per heavy atom. The fourth-order valence-corrected chi connectivity index (χ4v) is 3.70. The van der Waals surface area contributed by atoms with Gasteiger partial charge in [0.2, 0.25) is 0 Å². The van der Waals surface area contributed by atoms with Crippen molar-refractivity contribution in [2.24, 2.45) is 0 Å². The molecule has 6 nitrogen and oxygen atoms in total. The first-order valence-corrected chi connectivity index (χ1v) is 14.0. The Morgan fingerprint density at radius 2 is 1.90 bits per heavy atom. The van der Waals surface area contributed by atoms with E-state index in [1.807, 2.05) is 24.3 Å². The van der Waals surface area contributed by atoms with Crippen molar-refractivity contribution < 1.29 is 9.84 Å². The highest BCUT2D eigenvalue weighted by molar-refractivity contribution is 6.76. The summed E-state index contributed by atoms with van der Waals surface area (Å²) in [5, 5.41) is 10.6. The Morgan fingerprint density at radius 1 is 1.10 bits per heavy atom. The van der Waals surface area contributed by atoms with Crippen LogP contribution in [0.1, 0.15) is 22.8 Å². The molecule has 2 heterocycles. The molecule has 0 radical (unpaired) electrons. The van der Waals surface area contributed by atoms with Crippen LogP contribution >= 0.6 is 0 Å². The van der Waals surface area contributed by atoms with Crippen molar-refractivity contribution in [1.82, 2.24) is 19.5 Å². The summed E-state index contributed by atoms with van der Waals surface area (Å²) in [6, 6.07) is 13.3. The van der Waals surface area contributed by atoms with Crippen LogP contribution in [0, 0.1) is 0 Å². The van der Waals surface area contributed by atoms with Crippen LogP contribution in [-0.2, 0) is 24.3 Å². The van der Waals surface area contributed by atoms with E-state index in [1.54, 1.807) is 23.0 Å². The summed E-state index contributed by atoms with van der Waals surface area (Å²) in [5.41, 5.74) is 2.86. The van der Waals surface area contributed by atoms with E-state index in [9.17, 15) is 5.11 Å². The summed E-state index contributed by atoms with van der Waals surface area (Å²) >= 11 is 0. The van der Waals surface area contributed by atoms with E-state index in [-0.39, 0.29) is 5.76 Å². The third-order valence-electron chi connectivity index (χ3n) is 4.71. The van der Waals surface area contributed by atoms with Gasteiger partial charge >= 0.3 is 0 Å². The second kappa shape index (κ2) is 10.3. The average molecular weight is 423 g/mol. The zero-order valence-corrected chi connectivity index (χ0v) is 19.0. The summed E-state index contributed by atoms with van der Waals surface area (Å²) in [4.78, 5) is 12.9. The third-order valence-corrected chi connectivity index (χ3v) is 6.42. The number of imidazole rings is 1.